The highest BCUT2D eigenvalue weighted by Crippen LogP contribution is 2.44. The first-order chi connectivity index (χ1) is 10.9. The van der Waals surface area contributed by atoms with Crippen molar-refractivity contribution >= 4 is 33.4 Å². The first kappa shape index (κ1) is 16.2. The van der Waals surface area contributed by atoms with Crippen LogP contribution in [0.25, 0.3) is 0 Å². The maximum Gasteiger partial charge on any atom is 0.219 e. The Hall–Kier alpha value is -1.69. The summed E-state index contributed by atoms with van der Waals surface area (Å²) in [6.07, 6.45) is 1.75. The van der Waals surface area contributed by atoms with Gasteiger partial charge in [-0.2, -0.15) is 0 Å². The first-order valence-corrected chi connectivity index (χ1v) is 8.65. The van der Waals surface area contributed by atoms with Crippen molar-refractivity contribution in [2.45, 2.75) is 32.4 Å². The van der Waals surface area contributed by atoms with Gasteiger partial charge in [0.15, 0.2) is 5.66 Å². The second-order valence-electron chi connectivity index (χ2n) is 6.21. The van der Waals surface area contributed by atoms with Crippen molar-refractivity contribution in [1.29, 1.82) is 0 Å². The van der Waals surface area contributed by atoms with Gasteiger partial charge in [-0.1, -0.05) is 28.1 Å². The van der Waals surface area contributed by atoms with E-state index in [1.54, 1.807) is 6.92 Å². The molecule has 1 amide bonds. The quantitative estimate of drug-likeness (QED) is 0.861. The van der Waals surface area contributed by atoms with E-state index in [-0.39, 0.29) is 11.8 Å². The summed E-state index contributed by atoms with van der Waals surface area (Å²) in [5, 5.41) is 0. The summed E-state index contributed by atoms with van der Waals surface area (Å²) < 4.78 is 1.00. The lowest BCUT2D eigenvalue weighted by Crippen LogP contribution is -2.43. The number of carbonyl (C=O) groups excluding carboxylic acids is 1. The molecule has 1 unspecified atom stereocenters. The molecule has 2 heterocycles. The lowest BCUT2D eigenvalue weighted by Gasteiger charge is -2.39. The molecule has 2 N–H and O–H groups in total. The average Bonchev–Trinajstić information content (AvgIpc) is 2.84. The lowest BCUT2D eigenvalue weighted by molar-refractivity contribution is -0.130. The zero-order chi connectivity index (χ0) is 16.6. The molecule has 0 bridgehead atoms. The van der Waals surface area contributed by atoms with Crippen LogP contribution in [0.4, 0.5) is 0 Å². The van der Waals surface area contributed by atoms with Gasteiger partial charge in [0, 0.05) is 36.0 Å². The van der Waals surface area contributed by atoms with Crippen molar-refractivity contribution in [2.75, 3.05) is 13.1 Å². The number of aliphatic imine (C=N–C) groups is 2. The SMILES string of the molecule is CC(=O)N1CCC(C2(c3cccc(Br)c3)N=C(C)C(N)=N2)CC1. The Morgan fingerprint density at radius 2 is 2.04 bits per heavy atom. The Labute approximate surface area is 144 Å². The number of likely N-dealkylation sites (tertiary alicyclic amines) is 1. The number of hydrogen-bond acceptors (Lipinski definition) is 4. The van der Waals surface area contributed by atoms with Crippen LogP contribution in [-0.4, -0.2) is 35.4 Å². The minimum absolute atomic E-state index is 0.133. The predicted molar refractivity (Wildman–Crippen MR) is 95.5 cm³/mol. The molecule has 6 heteroatoms. The summed E-state index contributed by atoms with van der Waals surface area (Å²) >= 11 is 3.54. The number of hydrogen-bond donors (Lipinski definition) is 1. The molecule has 0 aliphatic carbocycles. The second kappa shape index (κ2) is 6.07. The number of amidine groups is 1. The summed E-state index contributed by atoms with van der Waals surface area (Å²) in [7, 11) is 0. The smallest absolute Gasteiger partial charge is 0.219 e. The van der Waals surface area contributed by atoms with Crippen LogP contribution in [0.3, 0.4) is 0 Å². The van der Waals surface area contributed by atoms with Gasteiger partial charge in [-0.15, -0.1) is 0 Å². The third kappa shape index (κ3) is 2.92. The van der Waals surface area contributed by atoms with E-state index in [0.29, 0.717) is 5.84 Å². The number of halogens is 1. The Balaban J connectivity index is 1.97. The van der Waals surface area contributed by atoms with Crippen LogP contribution in [0.2, 0.25) is 0 Å². The van der Waals surface area contributed by atoms with E-state index in [0.717, 1.165) is 41.7 Å². The minimum Gasteiger partial charge on any atom is -0.382 e. The summed E-state index contributed by atoms with van der Waals surface area (Å²) in [5.41, 5.74) is 7.24. The molecule has 0 spiro atoms. The maximum absolute atomic E-state index is 11.6. The first-order valence-electron chi connectivity index (χ1n) is 7.86. The van der Waals surface area contributed by atoms with Gasteiger partial charge in [0.1, 0.15) is 5.84 Å². The van der Waals surface area contributed by atoms with E-state index < -0.39 is 5.66 Å². The van der Waals surface area contributed by atoms with Gasteiger partial charge in [-0.3, -0.25) is 9.79 Å². The molecule has 1 aromatic carbocycles. The van der Waals surface area contributed by atoms with Crippen molar-refractivity contribution in [3.63, 3.8) is 0 Å². The summed E-state index contributed by atoms with van der Waals surface area (Å²) in [6, 6.07) is 8.12. The number of nitrogens with zero attached hydrogens (tertiary/aromatic N) is 3. The second-order valence-corrected chi connectivity index (χ2v) is 7.13. The Bertz CT molecular complexity index is 672. The maximum atomic E-state index is 11.6. The molecule has 0 saturated carbocycles. The number of rotatable bonds is 2. The molecule has 1 aromatic rings. The standard InChI is InChI=1S/C17H21BrN4O/c1-11-16(19)21-17(20-11,14-4-3-5-15(18)10-14)13-6-8-22(9-7-13)12(2)23/h3-5,10,13H,6-9H2,1-2H3,(H2,19,21). The van der Waals surface area contributed by atoms with E-state index >= 15 is 0 Å². The molecule has 3 rings (SSSR count). The summed E-state index contributed by atoms with van der Waals surface area (Å²) in [5.74, 6) is 0.886. The molecule has 1 fully saturated rings. The highest BCUT2D eigenvalue weighted by atomic mass is 79.9. The largest absolute Gasteiger partial charge is 0.382 e. The van der Waals surface area contributed by atoms with Gasteiger partial charge >= 0.3 is 0 Å². The highest BCUT2D eigenvalue weighted by Gasteiger charge is 2.45. The fraction of sp³-hybridized carbons (Fsp3) is 0.471. The van der Waals surface area contributed by atoms with Gasteiger partial charge in [0.2, 0.25) is 5.91 Å². The van der Waals surface area contributed by atoms with E-state index in [9.17, 15) is 4.79 Å². The Morgan fingerprint density at radius 1 is 1.35 bits per heavy atom. The number of carbonyl (C=O) groups is 1. The normalized spacial score (nSPS) is 25.3. The van der Waals surface area contributed by atoms with E-state index in [1.165, 1.54) is 0 Å². The number of benzene rings is 1. The molecule has 1 atom stereocenters. The van der Waals surface area contributed by atoms with Crippen LogP contribution in [0.5, 0.6) is 0 Å². The van der Waals surface area contributed by atoms with Gasteiger partial charge in [-0.05, 0) is 31.9 Å². The van der Waals surface area contributed by atoms with Crippen LogP contribution in [0.15, 0.2) is 38.7 Å². The average molecular weight is 377 g/mol. The van der Waals surface area contributed by atoms with Crippen LogP contribution in [0, 0.1) is 5.92 Å². The van der Waals surface area contributed by atoms with Crippen molar-refractivity contribution in [3.8, 4) is 0 Å². The molecule has 23 heavy (non-hydrogen) atoms. The molecule has 122 valence electrons. The molecule has 0 radical (unpaired) electrons. The van der Waals surface area contributed by atoms with Crippen LogP contribution < -0.4 is 5.73 Å². The van der Waals surface area contributed by atoms with Gasteiger partial charge in [-0.25, -0.2) is 4.99 Å². The minimum atomic E-state index is -0.652. The highest BCUT2D eigenvalue weighted by molar-refractivity contribution is 9.10. The molecule has 1 saturated heterocycles. The van der Waals surface area contributed by atoms with Crippen molar-refractivity contribution in [1.82, 2.24) is 4.90 Å². The zero-order valence-electron chi connectivity index (χ0n) is 13.4. The van der Waals surface area contributed by atoms with Crippen LogP contribution in [-0.2, 0) is 10.5 Å². The van der Waals surface area contributed by atoms with E-state index in [1.807, 2.05) is 24.0 Å². The van der Waals surface area contributed by atoms with Crippen LogP contribution in [0.1, 0.15) is 32.3 Å². The van der Waals surface area contributed by atoms with Crippen LogP contribution >= 0.6 is 15.9 Å². The topological polar surface area (TPSA) is 71.0 Å². The Morgan fingerprint density at radius 3 is 2.57 bits per heavy atom. The summed E-state index contributed by atoms with van der Waals surface area (Å²) in [6.45, 7) is 5.03. The van der Waals surface area contributed by atoms with Gasteiger partial charge in [0.25, 0.3) is 0 Å². The van der Waals surface area contributed by atoms with E-state index in [2.05, 4.69) is 28.1 Å². The number of amides is 1. The monoisotopic (exact) mass is 376 g/mol. The fourth-order valence-electron chi connectivity index (χ4n) is 3.46. The zero-order valence-corrected chi connectivity index (χ0v) is 15.0. The third-order valence-corrected chi connectivity index (χ3v) is 5.25. The molecular formula is C17H21BrN4O. The molecule has 0 aromatic heterocycles. The van der Waals surface area contributed by atoms with Gasteiger partial charge < -0.3 is 10.6 Å². The molecule has 5 nitrogen and oxygen atoms in total. The number of nitrogens with two attached hydrogens (primary N) is 1. The van der Waals surface area contributed by atoms with Crippen molar-refractivity contribution in [3.05, 3.63) is 34.3 Å². The number of piperidine rings is 1. The molecule has 2 aliphatic heterocycles. The molecule has 2 aliphatic rings. The Kier molecular flexibility index (Phi) is 4.27. The predicted octanol–water partition coefficient (Wildman–Crippen LogP) is 2.69. The lowest BCUT2D eigenvalue weighted by atomic mass is 9.80. The summed E-state index contributed by atoms with van der Waals surface area (Å²) in [4.78, 5) is 23.1. The third-order valence-electron chi connectivity index (χ3n) is 4.76. The molecular weight excluding hydrogens is 356 g/mol. The van der Waals surface area contributed by atoms with E-state index in [4.69, 9.17) is 15.7 Å². The van der Waals surface area contributed by atoms with Gasteiger partial charge in [0.05, 0.1) is 5.71 Å². The fourth-order valence-corrected chi connectivity index (χ4v) is 3.86. The van der Waals surface area contributed by atoms with Crippen molar-refractivity contribution < 1.29 is 4.79 Å². The van der Waals surface area contributed by atoms with Crippen molar-refractivity contribution in [2.24, 2.45) is 21.6 Å².